The normalized spacial score (nSPS) is 25.8. The Labute approximate surface area is 215 Å². The molecule has 0 bridgehead atoms. The maximum absolute atomic E-state index is 13.5. The van der Waals surface area contributed by atoms with Gasteiger partial charge in [0.05, 0.1) is 20.8 Å². The summed E-state index contributed by atoms with van der Waals surface area (Å²) in [6.45, 7) is -1.75. The van der Waals surface area contributed by atoms with Gasteiger partial charge in [0.15, 0.2) is 12.4 Å². The van der Waals surface area contributed by atoms with Crippen LogP contribution < -0.4 is 4.74 Å². The van der Waals surface area contributed by atoms with E-state index in [1.165, 1.54) is 0 Å². The summed E-state index contributed by atoms with van der Waals surface area (Å²) in [5, 5.41) is -4.58. The van der Waals surface area contributed by atoms with Crippen molar-refractivity contribution in [3.05, 3.63) is 25.6 Å². The second-order valence-electron chi connectivity index (χ2n) is 8.24. The molecule has 1 aromatic rings. The van der Waals surface area contributed by atoms with Crippen LogP contribution in [0.15, 0.2) is 25.6 Å². The summed E-state index contributed by atoms with van der Waals surface area (Å²) in [6.07, 6.45) is 3.50. The molecule has 33 heavy (non-hydrogen) atoms. The molecule has 0 aliphatic heterocycles. The molecule has 2 fully saturated rings. The Balaban J connectivity index is 1.71. The van der Waals surface area contributed by atoms with Crippen LogP contribution in [0.1, 0.15) is 38.5 Å². The topological polar surface area (TPSA) is 107 Å². The maximum atomic E-state index is 13.5. The van der Waals surface area contributed by atoms with Crippen LogP contribution in [0.2, 0.25) is 0 Å². The van der Waals surface area contributed by atoms with E-state index in [9.17, 15) is 26.8 Å². The van der Waals surface area contributed by atoms with Crippen LogP contribution in [0, 0.1) is 23.7 Å². The lowest BCUT2D eigenvalue weighted by molar-refractivity contribution is -0.162. The number of hydrogen-bond acceptors (Lipinski definition) is 6. The van der Waals surface area contributed by atoms with Gasteiger partial charge >= 0.3 is 27.3 Å². The van der Waals surface area contributed by atoms with Gasteiger partial charge in [-0.15, -0.1) is 0 Å². The lowest BCUT2D eigenvalue weighted by Crippen LogP contribution is -2.44. The maximum Gasteiger partial charge on any atom is 0.402 e. The third-order valence-corrected chi connectivity index (χ3v) is 8.73. The first-order chi connectivity index (χ1) is 15.3. The summed E-state index contributed by atoms with van der Waals surface area (Å²) in [4.78, 5) is 25.6. The minimum absolute atomic E-state index is 0.187. The van der Waals surface area contributed by atoms with Crippen molar-refractivity contribution in [2.75, 3.05) is 6.61 Å². The molecule has 0 saturated heterocycles. The Morgan fingerprint density at radius 2 is 1.45 bits per heavy atom. The summed E-state index contributed by atoms with van der Waals surface area (Å²) in [6, 6.07) is 3.48. The Hall–Kier alpha value is -0.630. The van der Waals surface area contributed by atoms with Gasteiger partial charge in [0, 0.05) is 4.47 Å². The van der Waals surface area contributed by atoms with Gasteiger partial charge in [0.1, 0.15) is 0 Å². The van der Waals surface area contributed by atoms with Crippen LogP contribution in [-0.4, -0.2) is 36.8 Å². The van der Waals surface area contributed by atoms with E-state index in [0.29, 0.717) is 53.2 Å². The molecule has 2 saturated carbocycles. The Bertz CT molecular complexity index is 1010. The van der Waals surface area contributed by atoms with Crippen molar-refractivity contribution in [3.8, 4) is 5.75 Å². The largest absolute Gasteiger partial charge is 0.458 e. The Morgan fingerprint density at radius 1 is 0.970 bits per heavy atom. The van der Waals surface area contributed by atoms with E-state index < -0.39 is 45.8 Å². The smallest absolute Gasteiger partial charge is 0.402 e. The van der Waals surface area contributed by atoms with Gasteiger partial charge in [0.25, 0.3) is 0 Å². The molecular formula is C20H21Br3F2O7S. The first kappa shape index (κ1) is 27.0. The minimum atomic E-state index is -5.69. The lowest BCUT2D eigenvalue weighted by Gasteiger charge is -2.43. The van der Waals surface area contributed by atoms with Crippen molar-refractivity contribution in [1.29, 1.82) is 0 Å². The molecule has 4 unspecified atom stereocenters. The van der Waals surface area contributed by atoms with E-state index in [0.717, 1.165) is 4.47 Å². The highest BCUT2D eigenvalue weighted by atomic mass is 79.9. The van der Waals surface area contributed by atoms with Crippen LogP contribution in [-0.2, 0) is 24.4 Å². The number of ether oxygens (including phenoxy) is 2. The highest BCUT2D eigenvalue weighted by Crippen LogP contribution is 2.48. The quantitative estimate of drug-likeness (QED) is 0.232. The molecule has 3 rings (SSSR count). The molecule has 13 heteroatoms. The fourth-order valence-electron chi connectivity index (χ4n) is 4.73. The van der Waals surface area contributed by atoms with Gasteiger partial charge in [-0.05, 0) is 81.5 Å². The monoisotopic (exact) mass is 680 g/mol. The number of fused-ring (bicyclic) bond motifs is 1. The molecule has 1 N–H and O–H groups in total. The molecule has 0 aromatic heterocycles. The average molecular weight is 683 g/mol. The fourth-order valence-corrected chi connectivity index (χ4v) is 7.36. The first-order valence-electron chi connectivity index (χ1n) is 10.2. The standard InChI is InChI=1S/C20H21Br3F2O7S/c21-10-7-15(22)17(16(23)8-10)32-19(27)14-6-2-3-11-12(14)4-1-5-13(11)18(26)31-9-20(24,25)33(28,29)30/h7-8,11-14H,1-6,9H2,(H,28,29,30). The highest BCUT2D eigenvalue weighted by Gasteiger charge is 2.49. The van der Waals surface area contributed by atoms with Crippen LogP contribution in [0.4, 0.5) is 8.78 Å². The molecule has 1 aromatic carbocycles. The summed E-state index contributed by atoms with van der Waals surface area (Å²) >= 11 is 10.1. The average Bonchev–Trinajstić information content (AvgIpc) is 2.72. The van der Waals surface area contributed by atoms with Crippen molar-refractivity contribution in [3.63, 3.8) is 0 Å². The van der Waals surface area contributed by atoms with Crippen molar-refractivity contribution < 1.29 is 40.8 Å². The first-order valence-corrected chi connectivity index (χ1v) is 14.0. The van der Waals surface area contributed by atoms with E-state index in [2.05, 4.69) is 52.5 Å². The molecule has 0 radical (unpaired) electrons. The number of benzene rings is 1. The summed E-state index contributed by atoms with van der Waals surface area (Å²) in [5.41, 5.74) is 0. The second-order valence-corrected chi connectivity index (χ2v) is 12.4. The predicted octanol–water partition coefficient (Wildman–Crippen LogP) is 5.74. The number of halogens is 5. The number of carbonyl (C=O) groups is 2. The molecule has 4 atom stereocenters. The third-order valence-electron chi connectivity index (χ3n) is 6.22. The van der Waals surface area contributed by atoms with E-state index in [1.54, 1.807) is 12.1 Å². The second kappa shape index (κ2) is 10.5. The number of carbonyl (C=O) groups excluding carboxylic acids is 2. The van der Waals surface area contributed by atoms with Gasteiger partial charge in [-0.3, -0.25) is 14.1 Å². The molecule has 7 nitrogen and oxygen atoms in total. The molecule has 184 valence electrons. The number of esters is 2. The highest BCUT2D eigenvalue weighted by molar-refractivity contribution is 9.11. The van der Waals surface area contributed by atoms with Crippen LogP contribution in [0.25, 0.3) is 0 Å². The van der Waals surface area contributed by atoms with Crippen molar-refractivity contribution in [1.82, 2.24) is 0 Å². The molecule has 0 spiro atoms. The molecule has 0 heterocycles. The predicted molar refractivity (Wildman–Crippen MR) is 124 cm³/mol. The fraction of sp³-hybridized carbons (Fsp3) is 0.600. The Morgan fingerprint density at radius 3 is 1.94 bits per heavy atom. The van der Waals surface area contributed by atoms with Crippen molar-refractivity contribution >= 4 is 69.8 Å². The van der Waals surface area contributed by atoms with Gasteiger partial charge < -0.3 is 9.47 Å². The SMILES string of the molecule is O=C(OCC(F)(F)S(=O)(=O)O)C1CCCC2C(C(=O)Oc3c(Br)cc(Br)cc3Br)CCCC12. The summed E-state index contributed by atoms with van der Waals surface area (Å²) in [5.74, 6) is -2.70. The van der Waals surface area contributed by atoms with Crippen LogP contribution in [0.5, 0.6) is 5.75 Å². The van der Waals surface area contributed by atoms with E-state index >= 15 is 0 Å². The van der Waals surface area contributed by atoms with E-state index in [4.69, 9.17) is 9.29 Å². The molecule has 2 aliphatic rings. The zero-order chi connectivity index (χ0) is 24.6. The molecule has 0 amide bonds. The lowest BCUT2D eigenvalue weighted by atomic mass is 9.61. The van der Waals surface area contributed by atoms with Crippen molar-refractivity contribution in [2.45, 2.75) is 43.8 Å². The molecular weight excluding hydrogens is 662 g/mol. The van der Waals surface area contributed by atoms with Gasteiger partial charge in [-0.1, -0.05) is 28.8 Å². The van der Waals surface area contributed by atoms with Gasteiger partial charge in [0.2, 0.25) is 0 Å². The Kier molecular flexibility index (Phi) is 8.62. The zero-order valence-corrected chi connectivity index (χ0v) is 22.7. The minimum Gasteiger partial charge on any atom is -0.458 e. The van der Waals surface area contributed by atoms with Gasteiger partial charge in [-0.25, -0.2) is 0 Å². The third kappa shape index (κ3) is 6.14. The van der Waals surface area contributed by atoms with Crippen LogP contribution >= 0.6 is 47.8 Å². The number of rotatable bonds is 6. The van der Waals surface area contributed by atoms with E-state index in [-0.39, 0.29) is 11.8 Å². The van der Waals surface area contributed by atoms with Crippen LogP contribution in [0.3, 0.4) is 0 Å². The molecule has 2 aliphatic carbocycles. The summed E-state index contributed by atoms with van der Waals surface area (Å²) < 4.78 is 69.3. The number of alkyl halides is 2. The number of hydrogen-bond donors (Lipinski definition) is 1. The van der Waals surface area contributed by atoms with E-state index in [1.807, 2.05) is 0 Å². The van der Waals surface area contributed by atoms with Gasteiger partial charge in [-0.2, -0.15) is 17.2 Å². The van der Waals surface area contributed by atoms with Crippen molar-refractivity contribution in [2.24, 2.45) is 23.7 Å². The zero-order valence-electron chi connectivity index (χ0n) is 17.1. The summed E-state index contributed by atoms with van der Waals surface area (Å²) in [7, 11) is -5.69.